The molecule has 1 N–H and O–H groups in total. The van der Waals surface area contributed by atoms with Crippen molar-refractivity contribution in [3.8, 4) is 0 Å². The fourth-order valence-electron chi connectivity index (χ4n) is 3.07. The maximum absolute atomic E-state index is 13.7. The standard InChI is InChI=1S/C23H17Cl4F6NO2/c24-16-8-12(4-6-13(16)2-1-3-19(35)21(36)34-11-22(28,29)30)5-7-15(23(31,32)33)14-9-17(25)20(27)18(26)10-14/h4-10,15H,1-3,11H2,(H,34,36)/b7-5+. The second-order valence-corrected chi connectivity index (χ2v) is 9.20. The zero-order chi connectivity index (χ0) is 27.3. The van der Waals surface area contributed by atoms with Gasteiger partial charge in [0.2, 0.25) is 5.78 Å². The molecule has 0 saturated carbocycles. The molecular formula is C23H17Cl4F6NO2. The van der Waals surface area contributed by atoms with E-state index in [2.05, 4.69) is 0 Å². The van der Waals surface area contributed by atoms with Crippen LogP contribution in [0.4, 0.5) is 26.3 Å². The van der Waals surface area contributed by atoms with Crippen LogP contribution in [0.2, 0.25) is 20.1 Å². The van der Waals surface area contributed by atoms with Crippen LogP contribution >= 0.6 is 46.4 Å². The Labute approximate surface area is 222 Å². The van der Waals surface area contributed by atoms with Gasteiger partial charge in [0.15, 0.2) is 0 Å². The van der Waals surface area contributed by atoms with Gasteiger partial charge < -0.3 is 5.32 Å². The number of aryl methyl sites for hydroxylation is 1. The zero-order valence-electron chi connectivity index (χ0n) is 18.0. The molecule has 1 unspecified atom stereocenters. The summed E-state index contributed by atoms with van der Waals surface area (Å²) in [5.74, 6) is -4.37. The van der Waals surface area contributed by atoms with Gasteiger partial charge in [0, 0.05) is 11.4 Å². The summed E-state index contributed by atoms with van der Waals surface area (Å²) in [4.78, 5) is 23.1. The Morgan fingerprint density at radius 1 is 0.917 bits per heavy atom. The van der Waals surface area contributed by atoms with Crippen molar-refractivity contribution in [2.24, 2.45) is 0 Å². The fourth-order valence-corrected chi connectivity index (χ4v) is 3.97. The molecular weight excluding hydrogens is 578 g/mol. The second-order valence-electron chi connectivity index (χ2n) is 7.60. The monoisotopic (exact) mass is 593 g/mol. The van der Waals surface area contributed by atoms with Gasteiger partial charge in [-0.25, -0.2) is 0 Å². The topological polar surface area (TPSA) is 46.2 Å². The summed E-state index contributed by atoms with van der Waals surface area (Å²) in [6, 6.07) is 6.62. The summed E-state index contributed by atoms with van der Waals surface area (Å²) >= 11 is 23.7. The number of benzene rings is 2. The third-order valence-corrected chi connectivity index (χ3v) is 6.38. The predicted octanol–water partition coefficient (Wildman–Crippen LogP) is 8.23. The van der Waals surface area contributed by atoms with E-state index in [1.165, 1.54) is 29.6 Å². The molecule has 3 nitrogen and oxygen atoms in total. The van der Waals surface area contributed by atoms with Gasteiger partial charge in [0.1, 0.15) is 6.54 Å². The Morgan fingerprint density at radius 2 is 1.53 bits per heavy atom. The quantitative estimate of drug-likeness (QED) is 0.181. The van der Waals surface area contributed by atoms with Gasteiger partial charge >= 0.3 is 12.4 Å². The number of hydrogen-bond donors (Lipinski definition) is 1. The van der Waals surface area contributed by atoms with Crippen molar-refractivity contribution in [3.63, 3.8) is 0 Å². The van der Waals surface area contributed by atoms with Crippen molar-refractivity contribution in [3.05, 3.63) is 73.2 Å². The molecule has 196 valence electrons. The molecule has 2 aromatic carbocycles. The number of hydrogen-bond acceptors (Lipinski definition) is 2. The fraction of sp³-hybridized carbons (Fsp3) is 0.304. The largest absolute Gasteiger partial charge is 0.405 e. The van der Waals surface area contributed by atoms with E-state index in [4.69, 9.17) is 46.4 Å². The number of carbonyl (C=O) groups is 2. The van der Waals surface area contributed by atoms with Crippen LogP contribution < -0.4 is 5.32 Å². The van der Waals surface area contributed by atoms with E-state index in [1.54, 1.807) is 0 Å². The lowest BCUT2D eigenvalue weighted by Crippen LogP contribution is -2.37. The highest BCUT2D eigenvalue weighted by molar-refractivity contribution is 6.48. The summed E-state index contributed by atoms with van der Waals surface area (Å²) in [5.41, 5.74) is 0.692. The third-order valence-electron chi connectivity index (χ3n) is 4.83. The minimum atomic E-state index is -4.65. The van der Waals surface area contributed by atoms with Crippen LogP contribution in [0.15, 0.2) is 36.4 Å². The molecule has 0 aromatic heterocycles. The molecule has 0 fully saturated rings. The van der Waals surface area contributed by atoms with Gasteiger partial charge in [0.05, 0.1) is 21.0 Å². The molecule has 0 radical (unpaired) electrons. The lowest BCUT2D eigenvalue weighted by Gasteiger charge is -2.18. The molecule has 0 aliphatic rings. The van der Waals surface area contributed by atoms with E-state index < -0.39 is 36.5 Å². The van der Waals surface area contributed by atoms with Crippen molar-refractivity contribution in [1.29, 1.82) is 0 Å². The van der Waals surface area contributed by atoms with Crippen molar-refractivity contribution < 1.29 is 35.9 Å². The van der Waals surface area contributed by atoms with Gasteiger partial charge in [-0.15, -0.1) is 0 Å². The SMILES string of the molecule is O=C(CCCc1ccc(/C=C/C(c2cc(Cl)c(Cl)c(Cl)c2)C(F)(F)F)cc1Cl)C(=O)NCC(F)(F)F. The minimum Gasteiger partial charge on any atom is -0.340 e. The van der Waals surface area contributed by atoms with Crippen LogP contribution in [0.3, 0.4) is 0 Å². The Hall–Kier alpha value is -1.94. The highest BCUT2D eigenvalue weighted by Gasteiger charge is 2.39. The first-order valence-electron chi connectivity index (χ1n) is 10.1. The van der Waals surface area contributed by atoms with Crippen molar-refractivity contribution >= 4 is 64.2 Å². The van der Waals surface area contributed by atoms with Crippen LogP contribution in [-0.4, -0.2) is 30.6 Å². The molecule has 13 heteroatoms. The predicted molar refractivity (Wildman–Crippen MR) is 128 cm³/mol. The van der Waals surface area contributed by atoms with Crippen LogP contribution in [0.5, 0.6) is 0 Å². The first-order chi connectivity index (χ1) is 16.6. The molecule has 0 heterocycles. The molecule has 1 amide bonds. The lowest BCUT2D eigenvalue weighted by atomic mass is 9.96. The third kappa shape index (κ3) is 9.18. The Kier molecular flexibility index (Phi) is 10.5. The molecule has 0 aliphatic heterocycles. The number of carbonyl (C=O) groups excluding carboxylic acids is 2. The second kappa shape index (κ2) is 12.5. The van der Waals surface area contributed by atoms with Gasteiger partial charge in [-0.3, -0.25) is 9.59 Å². The van der Waals surface area contributed by atoms with Crippen molar-refractivity contribution in [1.82, 2.24) is 5.32 Å². The van der Waals surface area contributed by atoms with Crippen LogP contribution in [0.1, 0.15) is 35.4 Å². The molecule has 0 aliphatic carbocycles. The maximum Gasteiger partial charge on any atom is 0.405 e. The molecule has 36 heavy (non-hydrogen) atoms. The van der Waals surface area contributed by atoms with Crippen LogP contribution in [-0.2, 0) is 16.0 Å². The molecule has 0 bridgehead atoms. The van der Waals surface area contributed by atoms with Gasteiger partial charge in [-0.1, -0.05) is 70.7 Å². The first-order valence-corrected chi connectivity index (χ1v) is 11.6. The van der Waals surface area contributed by atoms with E-state index >= 15 is 0 Å². The van der Waals surface area contributed by atoms with Crippen molar-refractivity contribution in [2.75, 3.05) is 6.54 Å². The highest BCUT2D eigenvalue weighted by atomic mass is 35.5. The Morgan fingerprint density at radius 3 is 2.06 bits per heavy atom. The van der Waals surface area contributed by atoms with E-state index in [9.17, 15) is 35.9 Å². The average Bonchev–Trinajstić information content (AvgIpc) is 2.75. The number of nitrogens with one attached hydrogen (secondary N) is 1. The van der Waals surface area contributed by atoms with E-state index in [-0.39, 0.29) is 44.9 Å². The number of rotatable bonds is 9. The van der Waals surface area contributed by atoms with Gasteiger partial charge in [-0.05, 0) is 47.7 Å². The van der Waals surface area contributed by atoms with Gasteiger partial charge in [-0.2, -0.15) is 26.3 Å². The van der Waals surface area contributed by atoms with E-state index in [1.807, 2.05) is 0 Å². The van der Waals surface area contributed by atoms with Gasteiger partial charge in [0.25, 0.3) is 5.91 Å². The number of amides is 1. The van der Waals surface area contributed by atoms with Crippen LogP contribution in [0.25, 0.3) is 6.08 Å². The maximum atomic E-state index is 13.7. The summed E-state index contributed by atoms with van der Waals surface area (Å²) in [5, 5.41) is 1.40. The normalized spacial score (nSPS) is 13.2. The average molecular weight is 595 g/mol. The Bertz CT molecular complexity index is 1130. The summed E-state index contributed by atoms with van der Waals surface area (Å²) < 4.78 is 77.3. The molecule has 0 saturated heterocycles. The lowest BCUT2D eigenvalue weighted by molar-refractivity contribution is -0.145. The molecule has 2 aromatic rings. The van der Waals surface area contributed by atoms with E-state index in [0.29, 0.717) is 11.1 Å². The zero-order valence-corrected chi connectivity index (χ0v) is 21.1. The Balaban J connectivity index is 2.06. The molecule has 2 rings (SSSR count). The summed E-state index contributed by atoms with van der Waals surface area (Å²) in [6.45, 7) is -1.61. The van der Waals surface area contributed by atoms with E-state index in [0.717, 1.165) is 18.2 Å². The minimum absolute atomic E-state index is 0.0574. The van der Waals surface area contributed by atoms with Crippen LogP contribution in [0, 0.1) is 0 Å². The molecule has 1 atom stereocenters. The number of allylic oxidation sites excluding steroid dienone is 1. The summed E-state index contributed by atoms with van der Waals surface area (Å²) in [6.07, 6.45) is -7.11. The molecule has 0 spiro atoms. The number of alkyl halides is 6. The number of ketones is 1. The number of Topliss-reactive ketones (excluding diaryl/α,β-unsaturated/α-hetero) is 1. The first kappa shape index (κ1) is 30.3. The smallest absolute Gasteiger partial charge is 0.340 e. The number of halogens is 10. The summed E-state index contributed by atoms with van der Waals surface area (Å²) in [7, 11) is 0. The van der Waals surface area contributed by atoms with Crippen molar-refractivity contribution in [2.45, 2.75) is 37.5 Å². The highest BCUT2D eigenvalue weighted by Crippen LogP contribution is 2.41.